The van der Waals surface area contributed by atoms with Crippen LogP contribution in [0.25, 0.3) is 0 Å². The zero-order valence-electron chi connectivity index (χ0n) is 14.2. The van der Waals surface area contributed by atoms with Crippen LogP contribution in [0.4, 0.5) is 0 Å². The number of nitrogens with one attached hydrogen (secondary N) is 1. The molecule has 0 aromatic carbocycles. The van der Waals surface area contributed by atoms with Crippen LogP contribution in [0.2, 0.25) is 0 Å². The lowest BCUT2D eigenvalue weighted by Gasteiger charge is -2.61. The van der Waals surface area contributed by atoms with Gasteiger partial charge in [-0.15, -0.1) is 0 Å². The zero-order chi connectivity index (χ0) is 14.7. The minimum absolute atomic E-state index is 0.0560. The first-order chi connectivity index (χ1) is 9.96. The van der Waals surface area contributed by atoms with Crippen molar-refractivity contribution in [2.24, 2.45) is 29.1 Å². The lowest BCUT2D eigenvalue weighted by molar-refractivity contribution is -0.203. The molecule has 4 aliphatic carbocycles. The van der Waals surface area contributed by atoms with Crippen LogP contribution in [0.1, 0.15) is 65.7 Å². The van der Waals surface area contributed by atoms with E-state index in [0.29, 0.717) is 17.4 Å². The van der Waals surface area contributed by atoms with Crippen molar-refractivity contribution in [1.82, 2.24) is 5.32 Å². The molecule has 1 N–H and O–H groups in total. The molecule has 120 valence electrons. The third kappa shape index (κ3) is 2.57. The van der Waals surface area contributed by atoms with Crippen molar-refractivity contribution < 1.29 is 4.74 Å². The van der Waals surface area contributed by atoms with Crippen LogP contribution in [0.3, 0.4) is 0 Å². The standard InChI is InChI=1S/C19H33NO/c1-13(2)7-18(3)12-20-11-17(21-18)19-8-14-4-15(9-19)6-16(5-14)10-19/h13-17,20H,4-12H2,1-3H3. The second kappa shape index (κ2) is 4.96. The van der Waals surface area contributed by atoms with E-state index in [2.05, 4.69) is 26.1 Å². The van der Waals surface area contributed by atoms with E-state index >= 15 is 0 Å². The Morgan fingerprint density at radius 1 is 1.05 bits per heavy atom. The molecular formula is C19H33NO. The molecule has 0 aromatic heterocycles. The minimum Gasteiger partial charge on any atom is -0.369 e. The fraction of sp³-hybridized carbons (Fsp3) is 1.00. The number of morpholine rings is 1. The molecule has 1 saturated heterocycles. The van der Waals surface area contributed by atoms with E-state index < -0.39 is 0 Å². The summed E-state index contributed by atoms with van der Waals surface area (Å²) in [6, 6.07) is 0. The van der Waals surface area contributed by atoms with Crippen LogP contribution in [0, 0.1) is 29.1 Å². The van der Waals surface area contributed by atoms with Crippen LogP contribution < -0.4 is 5.32 Å². The molecule has 2 atom stereocenters. The fourth-order valence-corrected chi connectivity index (χ4v) is 6.79. The fourth-order valence-electron chi connectivity index (χ4n) is 6.79. The molecule has 4 bridgehead atoms. The van der Waals surface area contributed by atoms with E-state index in [0.717, 1.165) is 30.8 Å². The summed E-state index contributed by atoms with van der Waals surface area (Å²) in [7, 11) is 0. The van der Waals surface area contributed by atoms with Gasteiger partial charge >= 0.3 is 0 Å². The van der Waals surface area contributed by atoms with Gasteiger partial charge in [-0.25, -0.2) is 0 Å². The molecule has 2 unspecified atom stereocenters. The van der Waals surface area contributed by atoms with Gasteiger partial charge < -0.3 is 10.1 Å². The van der Waals surface area contributed by atoms with Crippen LogP contribution in [-0.4, -0.2) is 24.8 Å². The van der Waals surface area contributed by atoms with Crippen molar-refractivity contribution in [2.45, 2.75) is 77.4 Å². The van der Waals surface area contributed by atoms with Gasteiger partial charge in [0, 0.05) is 13.1 Å². The Kier molecular flexibility index (Phi) is 3.43. The van der Waals surface area contributed by atoms with Crippen molar-refractivity contribution in [3.63, 3.8) is 0 Å². The largest absolute Gasteiger partial charge is 0.369 e. The monoisotopic (exact) mass is 291 g/mol. The Hall–Kier alpha value is -0.0800. The maximum absolute atomic E-state index is 6.81. The van der Waals surface area contributed by atoms with Crippen molar-refractivity contribution in [1.29, 1.82) is 0 Å². The Bertz CT molecular complexity index is 369. The lowest BCUT2D eigenvalue weighted by Crippen LogP contribution is -2.61. The maximum atomic E-state index is 6.81. The van der Waals surface area contributed by atoms with Crippen molar-refractivity contribution in [3.8, 4) is 0 Å². The molecule has 21 heavy (non-hydrogen) atoms. The molecule has 1 heterocycles. The van der Waals surface area contributed by atoms with Crippen molar-refractivity contribution in [2.75, 3.05) is 13.1 Å². The maximum Gasteiger partial charge on any atom is 0.0785 e. The second-order valence-electron chi connectivity index (χ2n) is 9.57. The SMILES string of the molecule is CC(C)CC1(C)CNCC(C23CC4CC(CC(C4)C2)C3)O1. The molecule has 0 spiro atoms. The summed E-state index contributed by atoms with van der Waals surface area (Å²) in [5.74, 6) is 3.79. The Morgan fingerprint density at radius 2 is 1.62 bits per heavy atom. The zero-order valence-corrected chi connectivity index (χ0v) is 14.2. The summed E-state index contributed by atoms with van der Waals surface area (Å²) in [5.41, 5.74) is 0.584. The lowest BCUT2D eigenvalue weighted by atomic mass is 9.48. The van der Waals surface area contributed by atoms with Gasteiger partial charge in [-0.05, 0) is 81.0 Å². The molecule has 5 rings (SSSR count). The molecule has 4 saturated carbocycles. The van der Waals surface area contributed by atoms with Gasteiger partial charge in [0.15, 0.2) is 0 Å². The summed E-state index contributed by atoms with van der Waals surface area (Å²) in [6.45, 7) is 9.12. The quantitative estimate of drug-likeness (QED) is 0.848. The molecule has 0 aromatic rings. The highest BCUT2D eigenvalue weighted by Gasteiger charge is 2.56. The summed E-state index contributed by atoms with van der Waals surface area (Å²) in [5, 5.41) is 3.73. The molecule has 5 aliphatic rings. The number of ether oxygens (including phenoxy) is 1. The number of hydrogen-bond donors (Lipinski definition) is 1. The predicted octanol–water partition coefficient (Wildman–Crippen LogP) is 4.00. The molecule has 0 amide bonds. The third-order valence-electron chi connectivity index (χ3n) is 6.86. The average molecular weight is 291 g/mol. The predicted molar refractivity (Wildman–Crippen MR) is 86.2 cm³/mol. The Balaban J connectivity index is 1.53. The van der Waals surface area contributed by atoms with Gasteiger partial charge in [-0.1, -0.05) is 13.8 Å². The highest BCUT2D eigenvalue weighted by molar-refractivity contribution is 5.06. The first kappa shape index (κ1) is 14.5. The van der Waals surface area contributed by atoms with Crippen molar-refractivity contribution in [3.05, 3.63) is 0 Å². The molecule has 5 fully saturated rings. The van der Waals surface area contributed by atoms with Crippen LogP contribution in [0.15, 0.2) is 0 Å². The normalized spacial score (nSPS) is 52.6. The van der Waals surface area contributed by atoms with E-state index in [-0.39, 0.29) is 5.60 Å². The molecule has 2 heteroatoms. The van der Waals surface area contributed by atoms with E-state index in [9.17, 15) is 0 Å². The summed E-state index contributed by atoms with van der Waals surface area (Å²) < 4.78 is 6.81. The molecule has 1 aliphatic heterocycles. The van der Waals surface area contributed by atoms with E-state index in [1.165, 1.54) is 44.9 Å². The van der Waals surface area contributed by atoms with Crippen LogP contribution in [-0.2, 0) is 4.74 Å². The first-order valence-electron chi connectivity index (χ1n) is 9.35. The van der Waals surface area contributed by atoms with Gasteiger partial charge in [-0.3, -0.25) is 0 Å². The van der Waals surface area contributed by atoms with E-state index in [1.807, 2.05) is 0 Å². The summed E-state index contributed by atoms with van der Waals surface area (Å²) >= 11 is 0. The number of rotatable bonds is 3. The van der Waals surface area contributed by atoms with Gasteiger partial charge in [-0.2, -0.15) is 0 Å². The smallest absolute Gasteiger partial charge is 0.0785 e. The number of hydrogen-bond acceptors (Lipinski definition) is 2. The molecule has 2 nitrogen and oxygen atoms in total. The molecular weight excluding hydrogens is 258 g/mol. The highest BCUT2D eigenvalue weighted by atomic mass is 16.5. The minimum atomic E-state index is 0.0560. The highest BCUT2D eigenvalue weighted by Crippen LogP contribution is 2.62. The topological polar surface area (TPSA) is 21.3 Å². The van der Waals surface area contributed by atoms with Crippen molar-refractivity contribution >= 4 is 0 Å². The van der Waals surface area contributed by atoms with E-state index in [4.69, 9.17) is 4.74 Å². The first-order valence-corrected chi connectivity index (χ1v) is 9.35. The van der Waals surface area contributed by atoms with Gasteiger partial charge in [0.2, 0.25) is 0 Å². The van der Waals surface area contributed by atoms with E-state index in [1.54, 1.807) is 0 Å². The van der Waals surface area contributed by atoms with Crippen LogP contribution in [0.5, 0.6) is 0 Å². The average Bonchev–Trinajstić information content (AvgIpc) is 2.35. The summed E-state index contributed by atoms with van der Waals surface area (Å²) in [4.78, 5) is 0. The Morgan fingerprint density at radius 3 is 2.14 bits per heavy atom. The second-order valence-corrected chi connectivity index (χ2v) is 9.57. The van der Waals surface area contributed by atoms with Gasteiger partial charge in [0.25, 0.3) is 0 Å². The van der Waals surface area contributed by atoms with Gasteiger partial charge in [0.1, 0.15) is 0 Å². The van der Waals surface area contributed by atoms with Crippen LogP contribution >= 0.6 is 0 Å². The summed E-state index contributed by atoms with van der Waals surface area (Å²) in [6.07, 6.45) is 10.6. The van der Waals surface area contributed by atoms with Gasteiger partial charge in [0.05, 0.1) is 11.7 Å². The molecule has 0 radical (unpaired) electrons. The Labute approximate surface area is 130 Å². The third-order valence-corrected chi connectivity index (χ3v) is 6.86.